The van der Waals surface area contributed by atoms with Gasteiger partial charge in [-0.1, -0.05) is 18.2 Å². The number of benzene rings is 2. The fourth-order valence-electron chi connectivity index (χ4n) is 4.19. The molecule has 178 valence electrons. The van der Waals surface area contributed by atoms with E-state index in [1.807, 2.05) is 73.9 Å². The Labute approximate surface area is 204 Å². The molecule has 0 atom stereocenters. The summed E-state index contributed by atoms with van der Waals surface area (Å²) in [5.41, 5.74) is 3.04. The Morgan fingerprint density at radius 1 is 1.03 bits per heavy atom. The number of hydrogen-bond donors (Lipinski definition) is 1. The molecule has 1 aliphatic carbocycles. The highest BCUT2D eigenvalue weighted by atomic mass is 16.5. The summed E-state index contributed by atoms with van der Waals surface area (Å²) in [4.78, 5) is 26.4. The summed E-state index contributed by atoms with van der Waals surface area (Å²) in [6, 6.07) is 16.7. The van der Waals surface area contributed by atoms with E-state index >= 15 is 0 Å². The van der Waals surface area contributed by atoms with Gasteiger partial charge in [-0.2, -0.15) is 4.98 Å². The van der Waals surface area contributed by atoms with Crippen LogP contribution in [0.5, 0.6) is 17.4 Å². The van der Waals surface area contributed by atoms with E-state index in [0.29, 0.717) is 29.0 Å². The summed E-state index contributed by atoms with van der Waals surface area (Å²) in [5, 5.41) is 3.05. The Bertz CT molecular complexity index is 1390. The number of imidazole rings is 1. The van der Waals surface area contributed by atoms with Crippen molar-refractivity contribution in [3.63, 3.8) is 0 Å². The van der Waals surface area contributed by atoms with Crippen LogP contribution < -0.4 is 14.8 Å². The quantitative estimate of drug-likeness (QED) is 0.407. The van der Waals surface area contributed by atoms with E-state index in [1.54, 1.807) is 19.5 Å². The highest BCUT2D eigenvalue weighted by Crippen LogP contribution is 2.52. The van der Waals surface area contributed by atoms with Crippen molar-refractivity contribution >= 4 is 11.6 Å². The third-order valence-corrected chi connectivity index (χ3v) is 6.44. The van der Waals surface area contributed by atoms with Gasteiger partial charge < -0.3 is 14.8 Å². The van der Waals surface area contributed by atoms with Crippen molar-refractivity contribution < 1.29 is 14.3 Å². The number of ether oxygens (including phenoxy) is 2. The first kappa shape index (κ1) is 22.6. The predicted molar refractivity (Wildman–Crippen MR) is 132 cm³/mol. The molecule has 0 aliphatic heterocycles. The number of anilines is 1. The number of methoxy groups -OCH3 is 1. The zero-order valence-electron chi connectivity index (χ0n) is 20.2. The first-order chi connectivity index (χ1) is 16.9. The minimum atomic E-state index is -0.541. The number of para-hydroxylation sites is 1. The molecule has 0 unspecified atom stereocenters. The van der Waals surface area contributed by atoms with Crippen molar-refractivity contribution in [3.8, 4) is 23.2 Å². The number of aromatic nitrogens is 4. The van der Waals surface area contributed by atoms with Gasteiger partial charge in [0.25, 0.3) is 0 Å². The minimum absolute atomic E-state index is 0.0299. The average Bonchev–Trinajstić information content (AvgIpc) is 3.60. The van der Waals surface area contributed by atoms with E-state index in [9.17, 15) is 4.79 Å². The van der Waals surface area contributed by atoms with E-state index in [2.05, 4.69) is 20.3 Å². The highest BCUT2D eigenvalue weighted by molar-refractivity contribution is 6.01. The number of carbonyl (C=O) groups is 1. The molecular weight excluding hydrogens is 442 g/mol. The van der Waals surface area contributed by atoms with Gasteiger partial charge in [0.1, 0.15) is 29.5 Å². The Hall–Kier alpha value is -4.20. The van der Waals surface area contributed by atoms with Gasteiger partial charge in [-0.15, -0.1) is 0 Å². The molecule has 2 heterocycles. The first-order valence-corrected chi connectivity index (χ1v) is 11.5. The second-order valence-corrected chi connectivity index (χ2v) is 8.76. The van der Waals surface area contributed by atoms with Gasteiger partial charge in [0, 0.05) is 23.0 Å². The van der Waals surface area contributed by atoms with Crippen molar-refractivity contribution in [3.05, 3.63) is 83.7 Å². The summed E-state index contributed by atoms with van der Waals surface area (Å²) in [6.45, 7) is 5.77. The number of nitrogens with one attached hydrogen (secondary N) is 1. The van der Waals surface area contributed by atoms with Crippen LogP contribution >= 0.6 is 0 Å². The number of nitrogens with zero attached hydrogens (tertiary/aromatic N) is 4. The number of aryl methyl sites for hydroxylation is 2. The summed E-state index contributed by atoms with van der Waals surface area (Å²) >= 11 is 0. The van der Waals surface area contributed by atoms with Crippen LogP contribution in [0.2, 0.25) is 0 Å². The maximum atomic E-state index is 13.2. The maximum Gasteiger partial charge on any atom is 0.235 e. The lowest BCUT2D eigenvalue weighted by molar-refractivity contribution is -0.118. The molecule has 35 heavy (non-hydrogen) atoms. The zero-order valence-corrected chi connectivity index (χ0v) is 20.2. The van der Waals surface area contributed by atoms with Gasteiger partial charge in [0.15, 0.2) is 0 Å². The van der Waals surface area contributed by atoms with Crippen LogP contribution in [0.3, 0.4) is 0 Å². The topological polar surface area (TPSA) is 91.2 Å². The highest BCUT2D eigenvalue weighted by Gasteiger charge is 2.52. The molecule has 4 aromatic rings. The fourth-order valence-corrected chi connectivity index (χ4v) is 4.19. The molecule has 0 saturated heterocycles. The summed E-state index contributed by atoms with van der Waals surface area (Å²) in [6.07, 6.45) is 3.34. The summed E-state index contributed by atoms with van der Waals surface area (Å²) < 4.78 is 13.4. The third kappa shape index (κ3) is 4.35. The van der Waals surface area contributed by atoms with Gasteiger partial charge in [-0.25, -0.2) is 9.97 Å². The maximum absolute atomic E-state index is 13.2. The SMILES string of the molecule is COc1ccccc1C1(C(=O)Nc2ccc(Oc3cc(-n4cnc(C)c4C)nc(C)n3)cc2)CC1. The molecule has 0 bridgehead atoms. The molecule has 8 heteroatoms. The summed E-state index contributed by atoms with van der Waals surface area (Å²) in [5.74, 6) is 3.04. The van der Waals surface area contributed by atoms with Crippen LogP contribution in [-0.2, 0) is 10.2 Å². The van der Waals surface area contributed by atoms with Crippen molar-refractivity contribution in [2.45, 2.75) is 39.0 Å². The van der Waals surface area contributed by atoms with E-state index in [1.165, 1.54) is 0 Å². The molecule has 1 fully saturated rings. The molecule has 5 rings (SSSR count). The molecular formula is C27H27N5O3. The second-order valence-electron chi connectivity index (χ2n) is 8.76. The Balaban J connectivity index is 1.30. The van der Waals surface area contributed by atoms with E-state index in [-0.39, 0.29) is 5.91 Å². The molecule has 0 spiro atoms. The van der Waals surface area contributed by atoms with E-state index in [4.69, 9.17) is 9.47 Å². The smallest absolute Gasteiger partial charge is 0.235 e. The van der Waals surface area contributed by atoms with Crippen LogP contribution in [-0.4, -0.2) is 32.5 Å². The molecule has 1 amide bonds. The predicted octanol–water partition coefficient (Wildman–Crippen LogP) is 5.06. The average molecular weight is 470 g/mol. The van der Waals surface area contributed by atoms with Gasteiger partial charge in [0.05, 0.1) is 18.2 Å². The van der Waals surface area contributed by atoms with Crippen LogP contribution in [0, 0.1) is 20.8 Å². The number of rotatable bonds is 7. The minimum Gasteiger partial charge on any atom is -0.496 e. The molecule has 1 aliphatic rings. The third-order valence-electron chi connectivity index (χ3n) is 6.44. The van der Waals surface area contributed by atoms with Gasteiger partial charge >= 0.3 is 0 Å². The first-order valence-electron chi connectivity index (χ1n) is 11.5. The van der Waals surface area contributed by atoms with Gasteiger partial charge in [-0.3, -0.25) is 9.36 Å². The molecule has 1 saturated carbocycles. The molecule has 2 aromatic heterocycles. The second kappa shape index (κ2) is 8.87. The van der Waals surface area contributed by atoms with E-state index < -0.39 is 5.41 Å². The zero-order chi connectivity index (χ0) is 24.6. The lowest BCUT2D eigenvalue weighted by Gasteiger charge is -2.18. The summed E-state index contributed by atoms with van der Waals surface area (Å²) in [7, 11) is 1.63. The number of carbonyl (C=O) groups excluding carboxylic acids is 1. The standard InChI is InChI=1S/C27H27N5O3/c1-17-18(2)32(16-28-17)24-15-25(30-19(3)29-24)35-21-11-9-20(10-12-21)31-26(33)27(13-14-27)22-7-5-6-8-23(22)34-4/h5-12,15-16H,13-14H2,1-4H3,(H,31,33). The fraction of sp³-hybridized carbons (Fsp3) is 0.259. The van der Waals surface area contributed by atoms with Gasteiger partial charge in [-0.05, 0) is 63.9 Å². The Morgan fingerprint density at radius 2 is 1.77 bits per heavy atom. The van der Waals surface area contributed by atoms with Crippen LogP contribution in [0.4, 0.5) is 5.69 Å². The van der Waals surface area contributed by atoms with Crippen molar-refractivity contribution in [2.75, 3.05) is 12.4 Å². The van der Waals surface area contributed by atoms with Crippen molar-refractivity contribution in [1.29, 1.82) is 0 Å². The van der Waals surface area contributed by atoms with Gasteiger partial charge in [0.2, 0.25) is 11.8 Å². The Morgan fingerprint density at radius 3 is 2.43 bits per heavy atom. The molecule has 1 N–H and O–H groups in total. The normalized spacial score (nSPS) is 13.8. The number of amides is 1. The number of hydrogen-bond acceptors (Lipinski definition) is 6. The lowest BCUT2D eigenvalue weighted by atomic mass is 9.94. The van der Waals surface area contributed by atoms with Crippen LogP contribution in [0.25, 0.3) is 5.82 Å². The largest absolute Gasteiger partial charge is 0.496 e. The van der Waals surface area contributed by atoms with Crippen molar-refractivity contribution in [1.82, 2.24) is 19.5 Å². The molecule has 0 radical (unpaired) electrons. The monoisotopic (exact) mass is 469 g/mol. The molecule has 8 nitrogen and oxygen atoms in total. The van der Waals surface area contributed by atoms with E-state index in [0.717, 1.165) is 35.5 Å². The Kier molecular flexibility index (Phi) is 5.72. The van der Waals surface area contributed by atoms with Crippen LogP contribution in [0.1, 0.15) is 35.6 Å². The lowest BCUT2D eigenvalue weighted by Crippen LogP contribution is -2.28. The van der Waals surface area contributed by atoms with Crippen molar-refractivity contribution in [2.24, 2.45) is 0 Å². The molecule has 2 aromatic carbocycles. The van der Waals surface area contributed by atoms with Crippen LogP contribution in [0.15, 0.2) is 60.9 Å².